The Kier molecular flexibility index (Phi) is 5.08. The van der Waals surface area contributed by atoms with Crippen LogP contribution in [0.5, 0.6) is 11.5 Å². The number of hydrogen-bond donors (Lipinski definition) is 2. The first kappa shape index (κ1) is 12.8. The maximum absolute atomic E-state index is 9.78. The molecule has 0 amide bonds. The average molecular weight is 225 g/mol. The van der Waals surface area contributed by atoms with Gasteiger partial charge in [0.1, 0.15) is 0 Å². The molecule has 0 spiro atoms. The summed E-state index contributed by atoms with van der Waals surface area (Å²) < 4.78 is 10.6. The largest absolute Gasteiger partial charge is 0.493 e. The molecule has 0 aliphatic rings. The normalized spacial score (nSPS) is 12.2. The van der Waals surface area contributed by atoms with Gasteiger partial charge < -0.3 is 20.3 Å². The monoisotopic (exact) mass is 225 g/mol. The Morgan fingerprint density at radius 3 is 2.69 bits per heavy atom. The van der Waals surface area contributed by atoms with Gasteiger partial charge in [-0.15, -0.1) is 0 Å². The lowest BCUT2D eigenvalue weighted by Gasteiger charge is -2.14. The Hall–Kier alpha value is -1.26. The van der Waals surface area contributed by atoms with Gasteiger partial charge in [-0.3, -0.25) is 0 Å². The summed E-state index contributed by atoms with van der Waals surface area (Å²) in [6, 6.07) is 5.41. The van der Waals surface area contributed by atoms with Crippen LogP contribution >= 0.6 is 0 Å². The van der Waals surface area contributed by atoms with Gasteiger partial charge in [-0.25, -0.2) is 0 Å². The number of aliphatic hydroxyl groups is 1. The lowest BCUT2D eigenvalue weighted by atomic mass is 10.1. The summed E-state index contributed by atoms with van der Waals surface area (Å²) in [6.45, 7) is 2.95. The van der Waals surface area contributed by atoms with Crippen LogP contribution in [0, 0.1) is 0 Å². The number of nitrogens with two attached hydrogens (primary N) is 1. The van der Waals surface area contributed by atoms with E-state index >= 15 is 0 Å². The summed E-state index contributed by atoms with van der Waals surface area (Å²) in [5.74, 6) is 1.32. The summed E-state index contributed by atoms with van der Waals surface area (Å²) in [5, 5.41) is 9.78. The van der Waals surface area contributed by atoms with Crippen LogP contribution in [0.1, 0.15) is 25.0 Å². The molecule has 0 saturated heterocycles. The Morgan fingerprint density at radius 1 is 1.38 bits per heavy atom. The maximum atomic E-state index is 9.78. The molecule has 16 heavy (non-hydrogen) atoms. The van der Waals surface area contributed by atoms with E-state index in [1.54, 1.807) is 19.2 Å². The van der Waals surface area contributed by atoms with E-state index in [0.29, 0.717) is 31.1 Å². The first-order chi connectivity index (χ1) is 7.72. The van der Waals surface area contributed by atoms with Crippen molar-refractivity contribution in [2.75, 3.05) is 20.3 Å². The minimum atomic E-state index is -0.547. The molecular formula is C12H19NO3. The van der Waals surface area contributed by atoms with E-state index in [9.17, 15) is 5.11 Å². The predicted octanol–water partition coefficient (Wildman–Crippen LogP) is 1.48. The number of rotatable bonds is 6. The van der Waals surface area contributed by atoms with Crippen molar-refractivity contribution in [2.45, 2.75) is 19.4 Å². The fourth-order valence-electron chi connectivity index (χ4n) is 1.49. The lowest BCUT2D eigenvalue weighted by molar-refractivity contribution is 0.169. The highest BCUT2D eigenvalue weighted by atomic mass is 16.5. The average Bonchev–Trinajstić information content (AvgIpc) is 2.30. The highest BCUT2D eigenvalue weighted by Gasteiger charge is 2.10. The highest BCUT2D eigenvalue weighted by Crippen LogP contribution is 2.30. The topological polar surface area (TPSA) is 64.7 Å². The van der Waals surface area contributed by atoms with E-state index in [-0.39, 0.29) is 0 Å². The number of benzene rings is 1. The third kappa shape index (κ3) is 3.12. The molecule has 90 valence electrons. The number of hydrogen-bond acceptors (Lipinski definition) is 4. The molecule has 0 bridgehead atoms. The van der Waals surface area contributed by atoms with Crippen LogP contribution < -0.4 is 15.2 Å². The quantitative estimate of drug-likeness (QED) is 0.769. The van der Waals surface area contributed by atoms with Crippen LogP contribution in [0.25, 0.3) is 0 Å². The molecule has 0 aliphatic heterocycles. The molecular weight excluding hydrogens is 206 g/mol. The van der Waals surface area contributed by atoms with E-state index in [0.717, 1.165) is 5.56 Å². The zero-order chi connectivity index (χ0) is 12.0. The van der Waals surface area contributed by atoms with Crippen molar-refractivity contribution in [1.29, 1.82) is 0 Å². The molecule has 1 aromatic carbocycles. The summed E-state index contributed by atoms with van der Waals surface area (Å²) >= 11 is 0. The van der Waals surface area contributed by atoms with Gasteiger partial charge >= 0.3 is 0 Å². The van der Waals surface area contributed by atoms with E-state index in [1.807, 2.05) is 13.0 Å². The Bertz CT molecular complexity index is 328. The third-order valence-corrected chi connectivity index (χ3v) is 2.31. The zero-order valence-corrected chi connectivity index (χ0v) is 9.77. The second-order valence-corrected chi connectivity index (χ2v) is 3.44. The van der Waals surface area contributed by atoms with Crippen molar-refractivity contribution >= 4 is 0 Å². The van der Waals surface area contributed by atoms with Gasteiger partial charge in [-0.2, -0.15) is 0 Å². The summed E-state index contributed by atoms with van der Waals surface area (Å²) in [4.78, 5) is 0. The van der Waals surface area contributed by atoms with Crippen LogP contribution in [0.2, 0.25) is 0 Å². The number of ether oxygens (including phenoxy) is 2. The van der Waals surface area contributed by atoms with Crippen LogP contribution in [0.3, 0.4) is 0 Å². The molecule has 0 aliphatic carbocycles. The van der Waals surface area contributed by atoms with Gasteiger partial charge in [-0.05, 0) is 37.6 Å². The molecule has 0 unspecified atom stereocenters. The molecule has 1 aromatic rings. The molecule has 3 N–H and O–H groups in total. The zero-order valence-electron chi connectivity index (χ0n) is 9.77. The SMILES string of the molecule is CCOc1ccc([C@H](O)CCN)cc1OC. The van der Waals surface area contributed by atoms with E-state index in [2.05, 4.69) is 0 Å². The van der Waals surface area contributed by atoms with Crippen LogP contribution in [-0.4, -0.2) is 25.4 Å². The lowest BCUT2D eigenvalue weighted by Crippen LogP contribution is -2.07. The van der Waals surface area contributed by atoms with Crippen molar-refractivity contribution in [3.8, 4) is 11.5 Å². The molecule has 0 fully saturated rings. The minimum absolute atomic E-state index is 0.455. The third-order valence-electron chi connectivity index (χ3n) is 2.31. The van der Waals surface area contributed by atoms with Crippen molar-refractivity contribution in [1.82, 2.24) is 0 Å². The van der Waals surface area contributed by atoms with Gasteiger partial charge in [0.25, 0.3) is 0 Å². The van der Waals surface area contributed by atoms with Crippen LogP contribution in [0.15, 0.2) is 18.2 Å². The number of methoxy groups -OCH3 is 1. The highest BCUT2D eigenvalue weighted by molar-refractivity contribution is 5.43. The molecule has 4 nitrogen and oxygen atoms in total. The van der Waals surface area contributed by atoms with Gasteiger partial charge in [-0.1, -0.05) is 6.07 Å². The van der Waals surface area contributed by atoms with E-state index < -0.39 is 6.10 Å². The Morgan fingerprint density at radius 2 is 2.12 bits per heavy atom. The van der Waals surface area contributed by atoms with Crippen molar-refractivity contribution in [3.63, 3.8) is 0 Å². The van der Waals surface area contributed by atoms with Crippen LogP contribution in [0.4, 0.5) is 0 Å². The van der Waals surface area contributed by atoms with Crippen molar-refractivity contribution in [3.05, 3.63) is 23.8 Å². The molecule has 0 heterocycles. The first-order valence-electron chi connectivity index (χ1n) is 5.41. The Balaban J connectivity index is 2.89. The summed E-state index contributed by atoms with van der Waals surface area (Å²) in [5.41, 5.74) is 6.20. The Labute approximate surface area is 96.0 Å². The maximum Gasteiger partial charge on any atom is 0.161 e. The second kappa shape index (κ2) is 6.35. The van der Waals surface area contributed by atoms with E-state index in [4.69, 9.17) is 15.2 Å². The molecule has 0 saturated carbocycles. The standard InChI is InChI=1S/C12H19NO3/c1-3-16-11-5-4-9(8-12(11)15-2)10(14)6-7-13/h4-5,8,10,14H,3,6-7,13H2,1-2H3/t10-/m1/s1. The van der Waals surface area contributed by atoms with E-state index in [1.165, 1.54) is 0 Å². The molecule has 0 radical (unpaired) electrons. The fraction of sp³-hybridized carbons (Fsp3) is 0.500. The molecule has 4 heteroatoms. The summed E-state index contributed by atoms with van der Waals surface area (Å²) in [7, 11) is 1.58. The first-order valence-corrected chi connectivity index (χ1v) is 5.41. The number of aliphatic hydroxyl groups excluding tert-OH is 1. The molecule has 1 atom stereocenters. The van der Waals surface area contributed by atoms with Crippen molar-refractivity contribution in [2.24, 2.45) is 5.73 Å². The summed E-state index contributed by atoms with van der Waals surface area (Å²) in [6.07, 6.45) is -0.00786. The minimum Gasteiger partial charge on any atom is -0.493 e. The predicted molar refractivity (Wildman–Crippen MR) is 62.8 cm³/mol. The second-order valence-electron chi connectivity index (χ2n) is 3.44. The van der Waals surface area contributed by atoms with Gasteiger partial charge in [0, 0.05) is 0 Å². The molecule has 1 rings (SSSR count). The smallest absolute Gasteiger partial charge is 0.161 e. The van der Waals surface area contributed by atoms with Gasteiger partial charge in [0.2, 0.25) is 0 Å². The van der Waals surface area contributed by atoms with Gasteiger partial charge in [0.05, 0.1) is 19.8 Å². The van der Waals surface area contributed by atoms with Gasteiger partial charge in [0.15, 0.2) is 11.5 Å². The molecule has 0 aromatic heterocycles. The van der Waals surface area contributed by atoms with Crippen molar-refractivity contribution < 1.29 is 14.6 Å². The fourth-order valence-corrected chi connectivity index (χ4v) is 1.49. The van der Waals surface area contributed by atoms with Crippen LogP contribution in [-0.2, 0) is 0 Å².